The van der Waals surface area contributed by atoms with E-state index in [4.69, 9.17) is 15.5 Å². The number of para-hydroxylation sites is 1. The molecule has 0 bridgehead atoms. The van der Waals surface area contributed by atoms with Crippen LogP contribution < -0.4 is 11.2 Å². The Labute approximate surface area is 112 Å². The molecule has 1 atom stereocenters. The highest BCUT2D eigenvalue weighted by Crippen LogP contribution is 2.24. The Bertz CT molecular complexity index is 429. The van der Waals surface area contributed by atoms with Crippen molar-refractivity contribution in [3.05, 3.63) is 29.8 Å². The Morgan fingerprint density at radius 1 is 1.42 bits per heavy atom. The minimum Gasteiger partial charge on any atom is -0.508 e. The lowest BCUT2D eigenvalue weighted by Gasteiger charge is -2.21. The number of nitrogens with two attached hydrogens (primary N) is 1. The Morgan fingerprint density at radius 2 is 2.05 bits per heavy atom. The third-order valence-corrected chi connectivity index (χ3v) is 2.28. The number of hydrogen-bond donors (Lipinski definition) is 3. The first-order valence-corrected chi connectivity index (χ1v) is 5.94. The number of alkyl carbamates (subject to hydrolysis) is 1. The Hall–Kier alpha value is -1.79. The van der Waals surface area contributed by atoms with Crippen molar-refractivity contribution < 1.29 is 19.5 Å². The van der Waals surface area contributed by atoms with Gasteiger partial charge in [-0.15, -0.1) is 0 Å². The van der Waals surface area contributed by atoms with Crippen molar-refractivity contribution >= 4 is 6.09 Å². The molecule has 1 unspecified atom stereocenters. The van der Waals surface area contributed by atoms with Gasteiger partial charge in [0.25, 0.3) is 0 Å². The van der Waals surface area contributed by atoms with E-state index in [1.165, 1.54) is 6.07 Å². The average molecular weight is 268 g/mol. The molecule has 1 amide bonds. The number of benzene rings is 1. The zero-order valence-corrected chi connectivity index (χ0v) is 11.3. The Balaban J connectivity index is 2.59. The second-order valence-electron chi connectivity index (χ2n) is 5.07. The zero-order valence-electron chi connectivity index (χ0n) is 11.3. The maximum absolute atomic E-state index is 11.5. The molecule has 0 aliphatic heterocycles. The fourth-order valence-electron chi connectivity index (χ4n) is 1.48. The number of nitrogens with one attached hydrogen (secondary N) is 1. The van der Waals surface area contributed by atoms with E-state index in [1.807, 2.05) is 0 Å². The van der Waals surface area contributed by atoms with Crippen molar-refractivity contribution in [2.45, 2.75) is 32.5 Å². The molecule has 19 heavy (non-hydrogen) atoms. The largest absolute Gasteiger partial charge is 0.508 e. The SMILES string of the molecule is CC(C)(C)OC(=O)NCC(ON)c1ccccc1O. The molecule has 0 radical (unpaired) electrons. The molecule has 1 rings (SSSR count). The number of carbonyl (C=O) groups excluding carboxylic acids is 1. The van der Waals surface area contributed by atoms with Crippen molar-refractivity contribution in [2.75, 3.05) is 6.54 Å². The predicted octanol–water partition coefficient (Wildman–Crippen LogP) is 1.85. The van der Waals surface area contributed by atoms with Gasteiger partial charge in [0.1, 0.15) is 17.5 Å². The van der Waals surface area contributed by atoms with Crippen LogP contribution in [-0.4, -0.2) is 23.3 Å². The summed E-state index contributed by atoms with van der Waals surface area (Å²) in [5.74, 6) is 5.24. The van der Waals surface area contributed by atoms with Crippen LogP contribution in [0.15, 0.2) is 24.3 Å². The summed E-state index contributed by atoms with van der Waals surface area (Å²) in [6.45, 7) is 5.41. The van der Waals surface area contributed by atoms with Crippen molar-refractivity contribution in [3.63, 3.8) is 0 Å². The number of carbonyl (C=O) groups is 1. The van der Waals surface area contributed by atoms with E-state index < -0.39 is 17.8 Å². The Kier molecular flexibility index (Phi) is 5.14. The molecule has 0 aromatic heterocycles. The minimum atomic E-state index is -0.645. The topological polar surface area (TPSA) is 93.8 Å². The molecular formula is C13H20N2O4. The lowest BCUT2D eigenvalue weighted by molar-refractivity contribution is 0.0332. The van der Waals surface area contributed by atoms with Crippen LogP contribution in [0.25, 0.3) is 0 Å². The molecule has 0 spiro atoms. The molecule has 0 saturated carbocycles. The highest BCUT2D eigenvalue weighted by molar-refractivity contribution is 5.67. The third kappa shape index (κ3) is 5.15. The summed E-state index contributed by atoms with van der Waals surface area (Å²) in [7, 11) is 0. The number of aromatic hydroxyl groups is 1. The van der Waals surface area contributed by atoms with E-state index in [-0.39, 0.29) is 12.3 Å². The number of phenolic OH excluding ortho intramolecular Hbond substituents is 1. The van der Waals surface area contributed by atoms with E-state index in [9.17, 15) is 9.90 Å². The molecule has 0 fully saturated rings. The van der Waals surface area contributed by atoms with Crippen LogP contribution in [0.2, 0.25) is 0 Å². The number of phenols is 1. The standard InChI is InChI=1S/C13H20N2O4/c1-13(2,3)18-12(17)15-8-11(19-14)9-6-4-5-7-10(9)16/h4-7,11,16H,8,14H2,1-3H3,(H,15,17). The van der Waals surface area contributed by atoms with Gasteiger partial charge in [0.2, 0.25) is 0 Å². The highest BCUT2D eigenvalue weighted by atomic mass is 16.6. The summed E-state index contributed by atoms with van der Waals surface area (Å²) in [6, 6.07) is 6.63. The van der Waals surface area contributed by atoms with E-state index in [0.29, 0.717) is 5.56 Å². The van der Waals surface area contributed by atoms with Crippen LogP contribution in [0, 0.1) is 0 Å². The summed E-state index contributed by atoms with van der Waals surface area (Å²) in [6.07, 6.45) is -1.21. The number of rotatable bonds is 4. The molecule has 0 aliphatic carbocycles. The molecule has 6 nitrogen and oxygen atoms in total. The number of hydrogen-bond acceptors (Lipinski definition) is 5. The van der Waals surface area contributed by atoms with Gasteiger partial charge in [0.15, 0.2) is 0 Å². The van der Waals surface area contributed by atoms with Gasteiger partial charge >= 0.3 is 6.09 Å². The quantitative estimate of drug-likeness (QED) is 0.724. The molecule has 4 N–H and O–H groups in total. The second-order valence-corrected chi connectivity index (χ2v) is 5.07. The molecule has 0 heterocycles. The summed E-state index contributed by atoms with van der Waals surface area (Å²) >= 11 is 0. The van der Waals surface area contributed by atoms with Crippen molar-refractivity contribution in [2.24, 2.45) is 5.90 Å². The fraction of sp³-hybridized carbons (Fsp3) is 0.462. The van der Waals surface area contributed by atoms with Crippen molar-refractivity contribution in [3.8, 4) is 5.75 Å². The highest BCUT2D eigenvalue weighted by Gasteiger charge is 2.19. The molecular weight excluding hydrogens is 248 g/mol. The first kappa shape index (κ1) is 15.3. The molecule has 1 aromatic carbocycles. The van der Waals surface area contributed by atoms with Crippen LogP contribution >= 0.6 is 0 Å². The zero-order chi connectivity index (χ0) is 14.5. The lowest BCUT2D eigenvalue weighted by atomic mass is 10.1. The van der Waals surface area contributed by atoms with Gasteiger partial charge in [-0.2, -0.15) is 0 Å². The normalized spacial score (nSPS) is 12.8. The van der Waals surface area contributed by atoms with Crippen molar-refractivity contribution in [1.29, 1.82) is 0 Å². The second kappa shape index (κ2) is 6.40. The summed E-state index contributed by atoms with van der Waals surface area (Å²) in [5, 5.41) is 12.2. The smallest absolute Gasteiger partial charge is 0.407 e. The van der Waals surface area contributed by atoms with Gasteiger partial charge in [-0.05, 0) is 26.8 Å². The summed E-state index contributed by atoms with van der Waals surface area (Å²) in [5.41, 5.74) is -0.0704. The lowest BCUT2D eigenvalue weighted by Crippen LogP contribution is -2.35. The monoisotopic (exact) mass is 268 g/mol. The van der Waals surface area contributed by atoms with E-state index in [1.54, 1.807) is 39.0 Å². The first-order chi connectivity index (χ1) is 8.83. The number of ether oxygens (including phenoxy) is 1. The average Bonchev–Trinajstić information content (AvgIpc) is 2.29. The molecule has 1 aromatic rings. The van der Waals surface area contributed by atoms with Gasteiger partial charge in [-0.3, -0.25) is 4.84 Å². The van der Waals surface area contributed by atoms with Crippen LogP contribution in [0.1, 0.15) is 32.4 Å². The molecule has 106 valence electrons. The molecule has 0 saturated heterocycles. The molecule has 6 heteroatoms. The van der Waals surface area contributed by atoms with Gasteiger partial charge < -0.3 is 15.2 Å². The van der Waals surface area contributed by atoms with E-state index in [0.717, 1.165) is 0 Å². The maximum atomic E-state index is 11.5. The Morgan fingerprint density at radius 3 is 2.58 bits per heavy atom. The van der Waals surface area contributed by atoms with Crippen LogP contribution in [0.4, 0.5) is 4.79 Å². The fourth-order valence-corrected chi connectivity index (χ4v) is 1.48. The van der Waals surface area contributed by atoms with Gasteiger partial charge in [0, 0.05) is 5.56 Å². The van der Waals surface area contributed by atoms with Crippen LogP contribution in [-0.2, 0) is 9.57 Å². The summed E-state index contributed by atoms with van der Waals surface area (Å²) in [4.78, 5) is 16.3. The van der Waals surface area contributed by atoms with Crippen LogP contribution in [0.5, 0.6) is 5.75 Å². The van der Waals surface area contributed by atoms with Gasteiger partial charge in [-0.1, -0.05) is 18.2 Å². The number of amides is 1. The minimum absolute atomic E-state index is 0.0592. The maximum Gasteiger partial charge on any atom is 0.407 e. The third-order valence-electron chi connectivity index (χ3n) is 2.28. The van der Waals surface area contributed by atoms with Gasteiger partial charge in [0.05, 0.1) is 6.54 Å². The predicted molar refractivity (Wildman–Crippen MR) is 70.4 cm³/mol. The van der Waals surface area contributed by atoms with Crippen LogP contribution in [0.3, 0.4) is 0 Å². The van der Waals surface area contributed by atoms with E-state index >= 15 is 0 Å². The summed E-state index contributed by atoms with van der Waals surface area (Å²) < 4.78 is 5.09. The van der Waals surface area contributed by atoms with Gasteiger partial charge in [-0.25, -0.2) is 10.7 Å². The van der Waals surface area contributed by atoms with E-state index in [2.05, 4.69) is 5.32 Å². The van der Waals surface area contributed by atoms with Crippen molar-refractivity contribution in [1.82, 2.24) is 5.32 Å². The molecule has 0 aliphatic rings. The first-order valence-electron chi connectivity index (χ1n) is 5.94.